The van der Waals surface area contributed by atoms with Crippen LogP contribution in [0.1, 0.15) is 31.9 Å². The zero-order chi connectivity index (χ0) is 21.8. The molecule has 3 atom stereocenters. The number of rotatable bonds is 6. The molecule has 2 heterocycles. The lowest BCUT2D eigenvalue weighted by atomic mass is 10.0. The van der Waals surface area contributed by atoms with Gasteiger partial charge in [-0.2, -0.15) is 0 Å². The van der Waals surface area contributed by atoms with Gasteiger partial charge in [-0.3, -0.25) is 24.1 Å². The largest absolute Gasteiger partial charge is 0.352 e. The van der Waals surface area contributed by atoms with Crippen LogP contribution >= 0.6 is 0 Å². The third-order valence-corrected chi connectivity index (χ3v) is 5.33. The van der Waals surface area contributed by atoms with Crippen LogP contribution in [0.2, 0.25) is 0 Å². The highest BCUT2D eigenvalue weighted by Gasteiger charge is 2.42. The summed E-state index contributed by atoms with van der Waals surface area (Å²) in [6.07, 6.45) is 0.466. The van der Waals surface area contributed by atoms with E-state index in [0.29, 0.717) is 25.1 Å². The minimum atomic E-state index is -1.13. The molecule has 10 nitrogen and oxygen atoms in total. The summed E-state index contributed by atoms with van der Waals surface area (Å²) in [5.41, 5.74) is 0.488. The van der Waals surface area contributed by atoms with Crippen molar-refractivity contribution >= 4 is 29.7 Å². The third-order valence-electron chi connectivity index (χ3n) is 5.33. The van der Waals surface area contributed by atoms with Gasteiger partial charge in [0.2, 0.25) is 11.8 Å². The number of nitrogens with one attached hydrogen (secondary N) is 3. The van der Waals surface area contributed by atoms with Gasteiger partial charge in [0.25, 0.3) is 0 Å². The molecule has 0 aliphatic carbocycles. The molecule has 0 radical (unpaired) electrons. The third kappa shape index (κ3) is 4.12. The molecule has 0 saturated carbocycles. The Hall–Kier alpha value is -3.43. The molecular formula is C20H25N5O5. The standard InChI is InChI=1S/C20H25N5O5/c1-3-13-11-24(4-2)18(28)19(29)25(13)20(30)23-15(12-8-6-5-7-9-12)17(27)22-14-10-21-16(14)26/h5-9,13-15H,3-4,10-11H2,1-2H3,(H,21,26)(H,22,27)(H,23,30)/t13-,14?,15?/m0/s1. The summed E-state index contributed by atoms with van der Waals surface area (Å²) >= 11 is 0. The van der Waals surface area contributed by atoms with E-state index in [4.69, 9.17) is 0 Å². The molecule has 3 N–H and O–H groups in total. The molecule has 2 aliphatic rings. The summed E-state index contributed by atoms with van der Waals surface area (Å²) in [6.45, 7) is 4.51. The van der Waals surface area contributed by atoms with Gasteiger partial charge in [0, 0.05) is 19.6 Å². The molecule has 2 fully saturated rings. The Bertz CT molecular complexity index is 858. The first-order valence-corrected chi connectivity index (χ1v) is 9.93. The van der Waals surface area contributed by atoms with Gasteiger partial charge in [-0.25, -0.2) is 4.79 Å². The molecule has 30 heavy (non-hydrogen) atoms. The number of imide groups is 1. The van der Waals surface area contributed by atoms with Crippen molar-refractivity contribution in [3.63, 3.8) is 0 Å². The van der Waals surface area contributed by atoms with Crippen molar-refractivity contribution in [2.24, 2.45) is 0 Å². The van der Waals surface area contributed by atoms with E-state index in [-0.39, 0.29) is 12.5 Å². The number of hydrogen-bond donors (Lipinski definition) is 3. The topological polar surface area (TPSA) is 128 Å². The summed E-state index contributed by atoms with van der Waals surface area (Å²) in [5.74, 6) is -2.54. The molecule has 6 amide bonds. The van der Waals surface area contributed by atoms with Crippen LogP contribution in [0.4, 0.5) is 4.79 Å². The van der Waals surface area contributed by atoms with Crippen molar-refractivity contribution in [2.45, 2.75) is 38.4 Å². The zero-order valence-electron chi connectivity index (χ0n) is 16.9. The Balaban J connectivity index is 1.81. The second kappa shape index (κ2) is 8.93. The van der Waals surface area contributed by atoms with Gasteiger partial charge in [-0.05, 0) is 18.9 Å². The molecule has 0 aromatic heterocycles. The Morgan fingerprint density at radius 3 is 2.37 bits per heavy atom. The van der Waals surface area contributed by atoms with E-state index in [2.05, 4.69) is 16.0 Å². The zero-order valence-corrected chi connectivity index (χ0v) is 16.9. The van der Waals surface area contributed by atoms with Crippen LogP contribution in [0.3, 0.4) is 0 Å². The van der Waals surface area contributed by atoms with Crippen LogP contribution in [0.15, 0.2) is 30.3 Å². The maximum atomic E-state index is 13.0. The quantitative estimate of drug-likeness (QED) is 0.427. The predicted molar refractivity (Wildman–Crippen MR) is 106 cm³/mol. The Kier molecular flexibility index (Phi) is 6.34. The molecule has 10 heteroatoms. The number of carbonyl (C=O) groups is 5. The number of amides is 6. The predicted octanol–water partition coefficient (Wildman–Crippen LogP) is -0.479. The molecule has 160 valence electrons. The number of nitrogens with zero attached hydrogens (tertiary/aromatic N) is 2. The lowest BCUT2D eigenvalue weighted by molar-refractivity contribution is -0.156. The Morgan fingerprint density at radius 2 is 1.83 bits per heavy atom. The van der Waals surface area contributed by atoms with Crippen molar-refractivity contribution in [1.82, 2.24) is 25.8 Å². The van der Waals surface area contributed by atoms with Crippen molar-refractivity contribution in [3.8, 4) is 0 Å². The van der Waals surface area contributed by atoms with Crippen LogP contribution in [0.5, 0.6) is 0 Å². The van der Waals surface area contributed by atoms with Gasteiger partial charge in [0.05, 0.1) is 6.04 Å². The highest BCUT2D eigenvalue weighted by molar-refractivity contribution is 6.38. The fraction of sp³-hybridized carbons (Fsp3) is 0.450. The van der Waals surface area contributed by atoms with Gasteiger partial charge in [-0.15, -0.1) is 0 Å². The average Bonchev–Trinajstić information content (AvgIpc) is 2.76. The first-order chi connectivity index (χ1) is 14.4. The first kappa shape index (κ1) is 21.3. The molecule has 2 saturated heterocycles. The van der Waals surface area contributed by atoms with Crippen molar-refractivity contribution in [1.29, 1.82) is 0 Å². The second-order valence-electron chi connectivity index (χ2n) is 7.18. The van der Waals surface area contributed by atoms with Crippen LogP contribution < -0.4 is 16.0 Å². The molecular weight excluding hydrogens is 390 g/mol. The highest BCUT2D eigenvalue weighted by Crippen LogP contribution is 2.19. The molecule has 0 bridgehead atoms. The number of likely N-dealkylation sites (N-methyl/N-ethyl adjacent to an activating group) is 1. The minimum absolute atomic E-state index is 0.245. The van der Waals surface area contributed by atoms with Gasteiger partial charge in [0.15, 0.2) is 0 Å². The summed E-state index contributed by atoms with van der Waals surface area (Å²) in [7, 11) is 0. The fourth-order valence-electron chi connectivity index (χ4n) is 3.46. The van der Waals surface area contributed by atoms with E-state index >= 15 is 0 Å². The second-order valence-corrected chi connectivity index (χ2v) is 7.18. The van der Waals surface area contributed by atoms with Gasteiger partial charge in [-0.1, -0.05) is 37.3 Å². The van der Waals surface area contributed by atoms with E-state index < -0.39 is 41.9 Å². The summed E-state index contributed by atoms with van der Waals surface area (Å²) in [6, 6.07) is 5.39. The smallest absolute Gasteiger partial charge is 0.325 e. The monoisotopic (exact) mass is 415 g/mol. The number of piperazine rings is 1. The molecule has 1 aromatic carbocycles. The lowest BCUT2D eigenvalue weighted by Gasteiger charge is -2.39. The van der Waals surface area contributed by atoms with Crippen molar-refractivity contribution in [2.75, 3.05) is 19.6 Å². The van der Waals surface area contributed by atoms with E-state index in [1.807, 2.05) is 6.92 Å². The van der Waals surface area contributed by atoms with Crippen LogP contribution in [-0.2, 0) is 19.2 Å². The normalized spacial score (nSPS) is 22.1. The number of carbonyl (C=O) groups excluding carboxylic acids is 5. The molecule has 2 aliphatic heterocycles. The van der Waals surface area contributed by atoms with Crippen molar-refractivity contribution in [3.05, 3.63) is 35.9 Å². The number of urea groups is 1. The van der Waals surface area contributed by atoms with Crippen LogP contribution in [-0.4, -0.2) is 71.2 Å². The van der Waals surface area contributed by atoms with E-state index in [0.717, 1.165) is 4.90 Å². The molecule has 3 rings (SSSR count). The summed E-state index contributed by atoms with van der Waals surface area (Å²) < 4.78 is 0. The maximum Gasteiger partial charge on any atom is 0.325 e. The Morgan fingerprint density at radius 1 is 1.13 bits per heavy atom. The fourth-order valence-corrected chi connectivity index (χ4v) is 3.46. The van der Waals surface area contributed by atoms with Crippen molar-refractivity contribution < 1.29 is 24.0 Å². The minimum Gasteiger partial charge on any atom is -0.352 e. The first-order valence-electron chi connectivity index (χ1n) is 9.93. The summed E-state index contributed by atoms with van der Waals surface area (Å²) in [4.78, 5) is 64.5. The Labute approximate surface area is 174 Å². The molecule has 0 spiro atoms. The van der Waals surface area contributed by atoms with Crippen LogP contribution in [0.25, 0.3) is 0 Å². The number of benzene rings is 1. The lowest BCUT2D eigenvalue weighted by Crippen LogP contribution is -2.65. The van der Waals surface area contributed by atoms with Gasteiger partial charge >= 0.3 is 17.8 Å². The van der Waals surface area contributed by atoms with Gasteiger partial charge in [0.1, 0.15) is 12.1 Å². The number of hydrogen-bond acceptors (Lipinski definition) is 5. The summed E-state index contributed by atoms with van der Waals surface area (Å²) in [5, 5.41) is 7.69. The SMILES string of the molecule is CC[C@H]1CN(CC)C(=O)C(=O)N1C(=O)NC(C(=O)NC1CNC1=O)c1ccccc1. The molecule has 1 aromatic rings. The molecule has 2 unspecified atom stereocenters. The highest BCUT2D eigenvalue weighted by atomic mass is 16.2. The van der Waals surface area contributed by atoms with Crippen LogP contribution in [0, 0.1) is 0 Å². The number of β-lactam (4-membered cyclic amide) rings is 1. The van der Waals surface area contributed by atoms with E-state index in [9.17, 15) is 24.0 Å². The average molecular weight is 415 g/mol. The van der Waals surface area contributed by atoms with E-state index in [1.165, 1.54) is 4.90 Å². The van der Waals surface area contributed by atoms with E-state index in [1.54, 1.807) is 37.3 Å². The van der Waals surface area contributed by atoms with Gasteiger partial charge < -0.3 is 20.9 Å². The maximum absolute atomic E-state index is 13.0.